The third-order valence-corrected chi connectivity index (χ3v) is 3.23. The predicted octanol–water partition coefficient (Wildman–Crippen LogP) is 1.97. The fourth-order valence-corrected chi connectivity index (χ4v) is 2.45. The molecule has 0 radical (unpaired) electrons. The van der Waals surface area contributed by atoms with Crippen molar-refractivity contribution >= 4 is 11.9 Å². The molecule has 0 N–H and O–H groups in total. The third kappa shape index (κ3) is 2.20. The summed E-state index contributed by atoms with van der Waals surface area (Å²) >= 11 is 0. The molecule has 1 saturated carbocycles. The van der Waals surface area contributed by atoms with Gasteiger partial charge in [0.2, 0.25) is 0 Å². The van der Waals surface area contributed by atoms with Crippen molar-refractivity contribution in [1.29, 1.82) is 0 Å². The Morgan fingerprint density at radius 2 is 2.06 bits per heavy atom. The number of Topliss-reactive ketones (excluding diaryl/α,β-unsaturated/α-hetero) is 1. The zero-order valence-electron chi connectivity index (χ0n) is 10.2. The van der Waals surface area contributed by atoms with Gasteiger partial charge in [0.15, 0.2) is 0 Å². The van der Waals surface area contributed by atoms with E-state index in [0.29, 0.717) is 18.7 Å². The third-order valence-electron chi connectivity index (χ3n) is 3.23. The van der Waals surface area contributed by atoms with E-state index in [9.17, 15) is 9.59 Å². The molecule has 90 valence electrons. The molecule has 0 aromatic heterocycles. The molecular formula is C12H19NO3. The first kappa shape index (κ1) is 11.4. The number of fused-ring (bicyclic) bond motifs is 3. The van der Waals surface area contributed by atoms with Crippen molar-refractivity contribution < 1.29 is 14.3 Å². The van der Waals surface area contributed by atoms with Gasteiger partial charge >= 0.3 is 6.09 Å². The number of ether oxygens (including phenoxy) is 1. The quantitative estimate of drug-likeness (QED) is 0.633. The SMILES string of the molecule is CC(C)(C)OC(=O)N1C[C@@H]2CC[C@@H]1CC2=O. The first-order valence-corrected chi connectivity index (χ1v) is 5.89. The van der Waals surface area contributed by atoms with Gasteiger partial charge in [-0.1, -0.05) is 0 Å². The van der Waals surface area contributed by atoms with E-state index in [1.165, 1.54) is 0 Å². The van der Waals surface area contributed by atoms with Crippen LogP contribution in [0.4, 0.5) is 4.79 Å². The lowest BCUT2D eigenvalue weighted by Crippen LogP contribution is -2.55. The molecule has 0 spiro atoms. The van der Waals surface area contributed by atoms with Crippen LogP contribution in [0.15, 0.2) is 0 Å². The van der Waals surface area contributed by atoms with Crippen LogP contribution in [-0.4, -0.2) is 35.0 Å². The summed E-state index contributed by atoms with van der Waals surface area (Å²) in [5.74, 6) is 0.369. The van der Waals surface area contributed by atoms with E-state index in [1.807, 2.05) is 20.8 Å². The largest absolute Gasteiger partial charge is 0.444 e. The maximum Gasteiger partial charge on any atom is 0.410 e. The number of rotatable bonds is 0. The molecule has 3 aliphatic rings. The molecule has 0 aromatic carbocycles. The minimum absolute atomic E-state index is 0.0533. The van der Waals surface area contributed by atoms with Crippen LogP contribution in [0, 0.1) is 5.92 Å². The summed E-state index contributed by atoms with van der Waals surface area (Å²) in [6, 6.07) is 0.0762. The molecule has 1 aliphatic carbocycles. The van der Waals surface area contributed by atoms with Gasteiger partial charge in [-0.25, -0.2) is 4.79 Å². The van der Waals surface area contributed by atoms with Gasteiger partial charge in [0, 0.05) is 24.9 Å². The lowest BCUT2D eigenvalue weighted by atomic mass is 9.79. The van der Waals surface area contributed by atoms with Gasteiger partial charge in [0.05, 0.1) is 0 Å². The minimum Gasteiger partial charge on any atom is -0.444 e. The number of carbonyl (C=O) groups excluding carboxylic acids is 2. The van der Waals surface area contributed by atoms with E-state index in [1.54, 1.807) is 4.90 Å². The predicted molar refractivity (Wildman–Crippen MR) is 59.1 cm³/mol. The van der Waals surface area contributed by atoms with Crippen LogP contribution < -0.4 is 0 Å². The van der Waals surface area contributed by atoms with Crippen LogP contribution in [0.1, 0.15) is 40.0 Å². The Bertz CT molecular complexity index is 319. The summed E-state index contributed by atoms with van der Waals surface area (Å²) in [7, 11) is 0. The molecule has 2 aliphatic heterocycles. The Morgan fingerprint density at radius 1 is 1.38 bits per heavy atom. The van der Waals surface area contributed by atoms with Crippen molar-refractivity contribution in [3.63, 3.8) is 0 Å². The second-order valence-electron chi connectivity index (χ2n) is 5.73. The van der Waals surface area contributed by atoms with E-state index < -0.39 is 5.60 Å². The first-order chi connectivity index (χ1) is 7.37. The summed E-state index contributed by atoms with van der Waals surface area (Å²) in [6.07, 6.45) is 2.12. The van der Waals surface area contributed by atoms with E-state index in [4.69, 9.17) is 4.74 Å². The number of carbonyl (C=O) groups is 2. The molecule has 0 aromatic rings. The molecule has 2 heterocycles. The molecule has 4 heteroatoms. The molecule has 16 heavy (non-hydrogen) atoms. The molecule has 2 bridgehead atoms. The number of piperidine rings is 2. The number of nitrogens with zero attached hydrogens (tertiary/aromatic N) is 1. The van der Waals surface area contributed by atoms with E-state index in [-0.39, 0.29) is 18.1 Å². The number of amides is 1. The van der Waals surface area contributed by atoms with Gasteiger partial charge in [0.25, 0.3) is 0 Å². The van der Waals surface area contributed by atoms with Gasteiger partial charge in [-0.05, 0) is 33.6 Å². The van der Waals surface area contributed by atoms with Crippen LogP contribution in [0.3, 0.4) is 0 Å². The highest BCUT2D eigenvalue weighted by atomic mass is 16.6. The van der Waals surface area contributed by atoms with Gasteiger partial charge < -0.3 is 9.64 Å². The second-order valence-corrected chi connectivity index (χ2v) is 5.73. The van der Waals surface area contributed by atoms with Crippen molar-refractivity contribution in [2.45, 2.75) is 51.7 Å². The average molecular weight is 225 g/mol. The van der Waals surface area contributed by atoms with Crippen molar-refractivity contribution in [3.05, 3.63) is 0 Å². The lowest BCUT2D eigenvalue weighted by Gasteiger charge is -2.44. The molecule has 4 nitrogen and oxygen atoms in total. The maximum atomic E-state index is 11.9. The fraction of sp³-hybridized carbons (Fsp3) is 0.833. The Morgan fingerprint density at radius 3 is 2.50 bits per heavy atom. The van der Waals surface area contributed by atoms with E-state index in [0.717, 1.165) is 12.8 Å². The summed E-state index contributed by atoms with van der Waals surface area (Å²) in [5.41, 5.74) is -0.461. The zero-order chi connectivity index (χ0) is 11.9. The standard InChI is InChI=1S/C12H19NO3/c1-12(2,3)16-11(15)13-7-8-4-5-9(13)6-10(8)14/h8-9H,4-7H2,1-3H3/t8-,9+/m0/s1. The van der Waals surface area contributed by atoms with E-state index in [2.05, 4.69) is 0 Å². The van der Waals surface area contributed by atoms with Crippen molar-refractivity contribution in [3.8, 4) is 0 Å². The van der Waals surface area contributed by atoms with Gasteiger partial charge in [-0.3, -0.25) is 4.79 Å². The second kappa shape index (κ2) is 3.75. The van der Waals surface area contributed by atoms with Crippen molar-refractivity contribution in [1.82, 2.24) is 4.90 Å². The molecule has 0 unspecified atom stereocenters. The normalized spacial score (nSPS) is 29.4. The number of hydrogen-bond donors (Lipinski definition) is 0. The van der Waals surface area contributed by atoms with Crippen LogP contribution >= 0.6 is 0 Å². The van der Waals surface area contributed by atoms with Crippen LogP contribution in [-0.2, 0) is 9.53 Å². The van der Waals surface area contributed by atoms with Gasteiger partial charge in [-0.2, -0.15) is 0 Å². The molecule has 3 fully saturated rings. The Kier molecular flexibility index (Phi) is 2.68. The zero-order valence-corrected chi connectivity index (χ0v) is 10.2. The maximum absolute atomic E-state index is 11.9. The smallest absolute Gasteiger partial charge is 0.410 e. The van der Waals surface area contributed by atoms with Gasteiger partial charge in [0.1, 0.15) is 11.4 Å². The Labute approximate surface area is 95.9 Å². The van der Waals surface area contributed by atoms with Crippen LogP contribution in [0.25, 0.3) is 0 Å². The summed E-state index contributed by atoms with van der Waals surface area (Å²) in [6.45, 7) is 6.13. The fourth-order valence-electron chi connectivity index (χ4n) is 2.45. The molecular weight excluding hydrogens is 206 g/mol. The number of ketones is 1. The molecule has 2 saturated heterocycles. The summed E-state index contributed by atoms with van der Waals surface area (Å²) in [4.78, 5) is 25.2. The lowest BCUT2D eigenvalue weighted by molar-refractivity contribution is -0.131. The van der Waals surface area contributed by atoms with Crippen molar-refractivity contribution in [2.75, 3.05) is 6.54 Å². The first-order valence-electron chi connectivity index (χ1n) is 5.89. The molecule has 3 rings (SSSR count). The summed E-state index contributed by atoms with van der Waals surface area (Å²) in [5, 5.41) is 0. The summed E-state index contributed by atoms with van der Waals surface area (Å²) < 4.78 is 5.34. The topological polar surface area (TPSA) is 46.6 Å². The molecule has 2 atom stereocenters. The highest BCUT2D eigenvalue weighted by Gasteiger charge is 2.42. The van der Waals surface area contributed by atoms with E-state index >= 15 is 0 Å². The van der Waals surface area contributed by atoms with Crippen LogP contribution in [0.5, 0.6) is 0 Å². The molecule has 1 amide bonds. The number of hydrogen-bond acceptors (Lipinski definition) is 3. The van der Waals surface area contributed by atoms with Crippen LogP contribution in [0.2, 0.25) is 0 Å². The highest BCUT2D eigenvalue weighted by molar-refractivity contribution is 5.85. The Hall–Kier alpha value is -1.06. The van der Waals surface area contributed by atoms with Crippen molar-refractivity contribution in [2.24, 2.45) is 5.92 Å². The minimum atomic E-state index is -0.461. The monoisotopic (exact) mass is 225 g/mol. The average Bonchev–Trinajstić information content (AvgIpc) is 2.15. The Balaban J connectivity index is 2.02. The van der Waals surface area contributed by atoms with Gasteiger partial charge in [-0.15, -0.1) is 0 Å². The highest BCUT2D eigenvalue weighted by Crippen LogP contribution is 2.33.